The quantitative estimate of drug-likeness (QED) is 0.391. The van der Waals surface area contributed by atoms with Crippen LogP contribution in [0.25, 0.3) is 11.0 Å². The van der Waals surface area contributed by atoms with Gasteiger partial charge < -0.3 is 14.4 Å². The van der Waals surface area contributed by atoms with Crippen LogP contribution in [-0.2, 0) is 0 Å². The normalized spacial score (nSPS) is 11.8. The number of ether oxygens (including phenoxy) is 1. The highest BCUT2D eigenvalue weighted by atomic mass is 16.5. The molecule has 1 aromatic carbocycles. The van der Waals surface area contributed by atoms with Crippen LogP contribution >= 0.6 is 0 Å². The summed E-state index contributed by atoms with van der Waals surface area (Å²) in [4.78, 5) is 11.2. The molecule has 0 aliphatic rings. The summed E-state index contributed by atoms with van der Waals surface area (Å²) in [6, 6.07) is 6.62. The van der Waals surface area contributed by atoms with Crippen molar-refractivity contribution in [1.82, 2.24) is 0 Å². The van der Waals surface area contributed by atoms with Crippen LogP contribution in [-0.4, -0.2) is 17.5 Å². The van der Waals surface area contributed by atoms with Gasteiger partial charge in [0.05, 0.1) is 5.71 Å². The van der Waals surface area contributed by atoms with Gasteiger partial charge in [-0.1, -0.05) is 5.16 Å². The van der Waals surface area contributed by atoms with Crippen LogP contribution in [0.15, 0.2) is 38.6 Å². The van der Waals surface area contributed by atoms with E-state index in [9.17, 15) is 4.79 Å². The minimum Gasteiger partial charge on any atom is -0.488 e. The first-order valence-corrected chi connectivity index (χ1v) is 5.45. The maximum atomic E-state index is 11.2. The van der Waals surface area contributed by atoms with Crippen LogP contribution in [0.4, 0.5) is 0 Å². The Kier molecular flexibility index (Phi) is 3.32. The number of hydrogen-bond donors (Lipinski definition) is 1. The van der Waals surface area contributed by atoms with E-state index in [0.717, 1.165) is 10.9 Å². The SMILES string of the molecule is C/C(COc1ccc2oc(=O)cc(C)c2c1)=N/O. The van der Waals surface area contributed by atoms with Gasteiger partial charge in [0.1, 0.15) is 17.9 Å². The number of aryl methyl sites for hydroxylation is 1. The Balaban J connectivity index is 2.35. The van der Waals surface area contributed by atoms with E-state index in [1.165, 1.54) is 6.07 Å². The zero-order valence-electron chi connectivity index (χ0n) is 10.1. The summed E-state index contributed by atoms with van der Waals surface area (Å²) in [6.07, 6.45) is 0. The van der Waals surface area contributed by atoms with E-state index in [4.69, 9.17) is 14.4 Å². The average Bonchev–Trinajstić information content (AvgIpc) is 2.36. The van der Waals surface area contributed by atoms with Gasteiger partial charge in [0.2, 0.25) is 0 Å². The van der Waals surface area contributed by atoms with Gasteiger partial charge in [-0.05, 0) is 37.6 Å². The Morgan fingerprint density at radius 1 is 1.44 bits per heavy atom. The van der Waals surface area contributed by atoms with Gasteiger partial charge in [0.15, 0.2) is 0 Å². The summed E-state index contributed by atoms with van der Waals surface area (Å²) < 4.78 is 10.5. The molecule has 18 heavy (non-hydrogen) atoms. The fourth-order valence-corrected chi connectivity index (χ4v) is 1.61. The third kappa shape index (κ3) is 2.51. The van der Waals surface area contributed by atoms with Crippen molar-refractivity contribution < 1.29 is 14.4 Å². The second kappa shape index (κ2) is 4.91. The van der Waals surface area contributed by atoms with Crippen molar-refractivity contribution in [1.29, 1.82) is 0 Å². The summed E-state index contributed by atoms with van der Waals surface area (Å²) in [5, 5.41) is 12.4. The molecule has 1 heterocycles. The van der Waals surface area contributed by atoms with Crippen LogP contribution in [0, 0.1) is 6.92 Å². The van der Waals surface area contributed by atoms with Crippen LogP contribution in [0.1, 0.15) is 12.5 Å². The first-order valence-electron chi connectivity index (χ1n) is 5.45. The zero-order valence-corrected chi connectivity index (χ0v) is 10.1. The average molecular weight is 247 g/mol. The second-order valence-electron chi connectivity index (χ2n) is 4.03. The lowest BCUT2D eigenvalue weighted by Gasteiger charge is -2.06. The highest BCUT2D eigenvalue weighted by Crippen LogP contribution is 2.22. The van der Waals surface area contributed by atoms with Crippen molar-refractivity contribution in [2.75, 3.05) is 6.61 Å². The predicted octanol–water partition coefficient (Wildman–Crippen LogP) is 2.33. The van der Waals surface area contributed by atoms with E-state index in [1.54, 1.807) is 25.1 Å². The fraction of sp³-hybridized carbons (Fsp3) is 0.231. The van der Waals surface area contributed by atoms with Gasteiger partial charge in [-0.15, -0.1) is 0 Å². The van der Waals surface area contributed by atoms with E-state index in [1.807, 2.05) is 6.92 Å². The van der Waals surface area contributed by atoms with Crippen molar-refractivity contribution in [3.63, 3.8) is 0 Å². The maximum Gasteiger partial charge on any atom is 0.336 e. The molecule has 0 amide bonds. The zero-order chi connectivity index (χ0) is 13.1. The lowest BCUT2D eigenvalue weighted by Crippen LogP contribution is -2.07. The largest absolute Gasteiger partial charge is 0.488 e. The minimum atomic E-state index is -0.364. The first kappa shape index (κ1) is 12.2. The molecule has 0 spiro atoms. The smallest absolute Gasteiger partial charge is 0.336 e. The van der Waals surface area contributed by atoms with Crippen LogP contribution in [0.5, 0.6) is 5.75 Å². The molecule has 0 saturated carbocycles. The van der Waals surface area contributed by atoms with E-state index in [2.05, 4.69) is 5.16 Å². The molecule has 0 atom stereocenters. The van der Waals surface area contributed by atoms with Gasteiger partial charge in [-0.2, -0.15) is 0 Å². The lowest BCUT2D eigenvalue weighted by molar-refractivity contribution is 0.307. The van der Waals surface area contributed by atoms with Gasteiger partial charge in [0.25, 0.3) is 0 Å². The van der Waals surface area contributed by atoms with Crippen molar-refractivity contribution in [3.8, 4) is 5.75 Å². The summed E-state index contributed by atoms with van der Waals surface area (Å²) >= 11 is 0. The molecule has 0 bridgehead atoms. The Hall–Kier alpha value is -2.30. The topological polar surface area (TPSA) is 72.0 Å². The monoisotopic (exact) mass is 247 g/mol. The highest BCUT2D eigenvalue weighted by Gasteiger charge is 2.04. The molecule has 1 N–H and O–H groups in total. The maximum absolute atomic E-state index is 11.2. The van der Waals surface area contributed by atoms with E-state index in [0.29, 0.717) is 17.0 Å². The number of nitrogens with zero attached hydrogens (tertiary/aromatic N) is 1. The minimum absolute atomic E-state index is 0.206. The second-order valence-corrected chi connectivity index (χ2v) is 4.03. The third-order valence-corrected chi connectivity index (χ3v) is 2.54. The van der Waals surface area contributed by atoms with Crippen LogP contribution in [0.3, 0.4) is 0 Å². The molecule has 0 unspecified atom stereocenters. The van der Waals surface area contributed by atoms with Crippen LogP contribution < -0.4 is 10.4 Å². The van der Waals surface area contributed by atoms with Gasteiger partial charge in [-0.25, -0.2) is 4.79 Å². The van der Waals surface area contributed by atoms with Crippen molar-refractivity contribution in [3.05, 3.63) is 40.2 Å². The molecule has 5 heteroatoms. The fourth-order valence-electron chi connectivity index (χ4n) is 1.61. The molecular weight excluding hydrogens is 234 g/mol. The number of oxime groups is 1. The number of hydrogen-bond acceptors (Lipinski definition) is 5. The van der Waals surface area contributed by atoms with Crippen molar-refractivity contribution >= 4 is 16.7 Å². The molecular formula is C13H13NO4. The molecule has 0 aliphatic heterocycles. The van der Waals surface area contributed by atoms with Crippen molar-refractivity contribution in [2.45, 2.75) is 13.8 Å². The Labute approximate surface area is 103 Å². The number of benzene rings is 1. The molecule has 0 aliphatic carbocycles. The summed E-state index contributed by atoms with van der Waals surface area (Å²) in [7, 11) is 0. The molecule has 2 rings (SSSR count). The van der Waals surface area contributed by atoms with Crippen molar-refractivity contribution in [2.24, 2.45) is 5.16 Å². The summed E-state index contributed by atoms with van der Waals surface area (Å²) in [6.45, 7) is 3.70. The highest BCUT2D eigenvalue weighted by molar-refractivity contribution is 5.83. The molecule has 5 nitrogen and oxygen atoms in total. The first-order chi connectivity index (χ1) is 8.60. The number of rotatable bonds is 3. The Bertz CT molecular complexity index is 658. The van der Waals surface area contributed by atoms with E-state index >= 15 is 0 Å². The van der Waals surface area contributed by atoms with E-state index in [-0.39, 0.29) is 12.2 Å². The molecule has 2 aromatic rings. The Morgan fingerprint density at radius 3 is 2.94 bits per heavy atom. The summed E-state index contributed by atoms with van der Waals surface area (Å²) in [5.74, 6) is 0.627. The standard InChI is InChI=1S/C13H13NO4/c1-8-5-13(15)18-12-4-3-10(6-11(8)12)17-7-9(2)14-16/h3-6,16H,7H2,1-2H3/b14-9-. The lowest BCUT2D eigenvalue weighted by atomic mass is 10.1. The van der Waals surface area contributed by atoms with E-state index < -0.39 is 0 Å². The molecule has 1 aromatic heterocycles. The van der Waals surface area contributed by atoms with Gasteiger partial charge in [0, 0.05) is 11.5 Å². The van der Waals surface area contributed by atoms with Gasteiger partial charge in [-0.3, -0.25) is 0 Å². The van der Waals surface area contributed by atoms with Gasteiger partial charge >= 0.3 is 5.63 Å². The third-order valence-electron chi connectivity index (χ3n) is 2.54. The molecule has 0 saturated heterocycles. The summed E-state index contributed by atoms with van der Waals surface area (Å²) in [5.41, 5.74) is 1.47. The number of fused-ring (bicyclic) bond motifs is 1. The Morgan fingerprint density at radius 2 is 2.22 bits per heavy atom. The van der Waals surface area contributed by atoms with Crippen LogP contribution in [0.2, 0.25) is 0 Å². The molecule has 94 valence electrons. The molecule has 0 fully saturated rings. The molecule has 0 radical (unpaired) electrons. The predicted molar refractivity (Wildman–Crippen MR) is 67.6 cm³/mol.